The summed E-state index contributed by atoms with van der Waals surface area (Å²) in [5.41, 5.74) is 2.30. The number of hydrogen-bond acceptors (Lipinski definition) is 5. The summed E-state index contributed by atoms with van der Waals surface area (Å²) in [7, 11) is 0. The average Bonchev–Trinajstić information content (AvgIpc) is 2.82. The Balaban J connectivity index is 1.56. The zero-order valence-corrected chi connectivity index (χ0v) is 19.9. The van der Waals surface area contributed by atoms with E-state index in [0.29, 0.717) is 22.7 Å². The topological polar surface area (TPSA) is 70.7 Å². The molecule has 0 aliphatic carbocycles. The molecule has 32 heavy (non-hydrogen) atoms. The van der Waals surface area contributed by atoms with Crippen molar-refractivity contribution in [2.45, 2.75) is 18.9 Å². The molecule has 1 fully saturated rings. The number of ether oxygens (including phenoxy) is 1. The zero-order valence-electron chi connectivity index (χ0n) is 18.3. The molecule has 1 saturated heterocycles. The van der Waals surface area contributed by atoms with E-state index in [1.54, 1.807) is 36.0 Å². The van der Waals surface area contributed by atoms with Gasteiger partial charge in [0, 0.05) is 25.3 Å². The maximum Gasteiger partial charge on any atom is 0.253 e. The summed E-state index contributed by atoms with van der Waals surface area (Å²) in [6.07, 6.45) is 3.46. The van der Waals surface area contributed by atoms with Crippen LogP contribution in [0.25, 0.3) is 0 Å². The highest BCUT2D eigenvalue weighted by Crippen LogP contribution is 2.16. The van der Waals surface area contributed by atoms with E-state index in [0.717, 1.165) is 45.0 Å². The van der Waals surface area contributed by atoms with Gasteiger partial charge in [-0.2, -0.15) is 11.8 Å². The Kier molecular flexibility index (Phi) is 9.87. The molecule has 8 heteroatoms. The summed E-state index contributed by atoms with van der Waals surface area (Å²) < 4.78 is 5.39. The Bertz CT molecular complexity index is 888. The van der Waals surface area contributed by atoms with E-state index in [-0.39, 0.29) is 11.8 Å². The van der Waals surface area contributed by atoms with Gasteiger partial charge in [-0.25, -0.2) is 0 Å². The number of morpholine rings is 1. The van der Waals surface area contributed by atoms with Crippen molar-refractivity contribution in [2.75, 3.05) is 50.2 Å². The van der Waals surface area contributed by atoms with Crippen molar-refractivity contribution in [2.24, 2.45) is 0 Å². The first-order valence-corrected chi connectivity index (χ1v) is 12.6. The Morgan fingerprint density at radius 3 is 2.53 bits per heavy atom. The number of anilines is 1. The van der Waals surface area contributed by atoms with Gasteiger partial charge >= 0.3 is 0 Å². The van der Waals surface area contributed by atoms with Gasteiger partial charge in [-0.3, -0.25) is 14.5 Å². The summed E-state index contributed by atoms with van der Waals surface area (Å²) >= 11 is 7.76. The Morgan fingerprint density at radius 2 is 1.84 bits per heavy atom. The lowest BCUT2D eigenvalue weighted by Crippen LogP contribution is -2.44. The molecule has 1 aliphatic rings. The fraction of sp³-hybridized carbons (Fsp3) is 0.417. The minimum atomic E-state index is -0.646. The predicted molar refractivity (Wildman–Crippen MR) is 132 cm³/mol. The summed E-state index contributed by atoms with van der Waals surface area (Å²) in [6, 6.07) is 14.1. The van der Waals surface area contributed by atoms with E-state index in [2.05, 4.69) is 15.5 Å². The molecule has 0 aromatic heterocycles. The molecule has 172 valence electrons. The molecule has 1 aliphatic heterocycles. The van der Waals surface area contributed by atoms with Crippen molar-refractivity contribution in [3.63, 3.8) is 0 Å². The number of nitrogens with one attached hydrogen (secondary N) is 2. The van der Waals surface area contributed by atoms with E-state index in [4.69, 9.17) is 16.3 Å². The fourth-order valence-electron chi connectivity index (χ4n) is 3.48. The third kappa shape index (κ3) is 7.52. The number of halogens is 1. The summed E-state index contributed by atoms with van der Waals surface area (Å²) in [4.78, 5) is 27.9. The van der Waals surface area contributed by atoms with Crippen molar-refractivity contribution in [3.8, 4) is 0 Å². The molecular weight excluding hydrogens is 446 g/mol. The molecule has 1 atom stereocenters. The standard InChI is InChI=1S/C24H30ClN3O3S/c1-32-17-11-22(27-23(29)20-4-2-3-5-21(20)25)24(30)26-19-8-6-18(7-9-19)10-12-28-13-15-31-16-14-28/h2-9,22H,10-17H2,1H3,(H,26,30)(H,27,29). The molecular formula is C24H30ClN3O3S. The Morgan fingerprint density at radius 1 is 1.12 bits per heavy atom. The summed E-state index contributed by atoms with van der Waals surface area (Å²) in [6.45, 7) is 4.56. The van der Waals surface area contributed by atoms with Gasteiger partial charge in [-0.05, 0) is 54.7 Å². The van der Waals surface area contributed by atoms with Crippen molar-refractivity contribution in [3.05, 3.63) is 64.7 Å². The number of rotatable bonds is 10. The largest absolute Gasteiger partial charge is 0.379 e. The van der Waals surface area contributed by atoms with Crippen LogP contribution in [0.3, 0.4) is 0 Å². The first kappa shape index (κ1) is 24.6. The molecule has 2 aromatic carbocycles. The van der Waals surface area contributed by atoms with Crippen molar-refractivity contribution >= 4 is 40.9 Å². The predicted octanol–water partition coefficient (Wildman–Crippen LogP) is 3.70. The maximum atomic E-state index is 12.9. The van der Waals surface area contributed by atoms with E-state index in [9.17, 15) is 9.59 Å². The van der Waals surface area contributed by atoms with Crippen LogP contribution < -0.4 is 10.6 Å². The van der Waals surface area contributed by atoms with E-state index < -0.39 is 6.04 Å². The van der Waals surface area contributed by atoms with Crippen LogP contribution >= 0.6 is 23.4 Å². The van der Waals surface area contributed by atoms with Crippen LogP contribution in [0.15, 0.2) is 48.5 Å². The van der Waals surface area contributed by atoms with Crippen LogP contribution in [0.1, 0.15) is 22.3 Å². The molecule has 1 heterocycles. The van der Waals surface area contributed by atoms with Gasteiger partial charge in [0.1, 0.15) is 6.04 Å². The number of nitrogens with zero attached hydrogens (tertiary/aromatic N) is 1. The molecule has 0 saturated carbocycles. The summed E-state index contributed by atoms with van der Waals surface area (Å²) in [5.74, 6) is 0.164. The summed E-state index contributed by atoms with van der Waals surface area (Å²) in [5, 5.41) is 6.13. The lowest BCUT2D eigenvalue weighted by atomic mass is 10.1. The van der Waals surface area contributed by atoms with Gasteiger partial charge < -0.3 is 15.4 Å². The molecule has 0 bridgehead atoms. The zero-order chi connectivity index (χ0) is 22.8. The second kappa shape index (κ2) is 12.8. The molecule has 2 amide bonds. The number of thioether (sulfide) groups is 1. The third-order valence-electron chi connectivity index (χ3n) is 5.39. The van der Waals surface area contributed by atoms with Crippen LogP contribution in [0.4, 0.5) is 5.69 Å². The number of carbonyl (C=O) groups is 2. The van der Waals surface area contributed by atoms with E-state index in [1.165, 1.54) is 5.56 Å². The van der Waals surface area contributed by atoms with Crippen LogP contribution in [0.2, 0.25) is 5.02 Å². The second-order valence-electron chi connectivity index (χ2n) is 7.68. The van der Waals surface area contributed by atoms with Gasteiger partial charge in [0.2, 0.25) is 5.91 Å². The number of carbonyl (C=O) groups excluding carboxylic acids is 2. The second-order valence-corrected chi connectivity index (χ2v) is 9.07. The first-order valence-electron chi connectivity index (χ1n) is 10.8. The minimum absolute atomic E-state index is 0.236. The van der Waals surface area contributed by atoms with E-state index in [1.807, 2.05) is 30.5 Å². The first-order chi connectivity index (χ1) is 15.6. The Labute approximate surface area is 199 Å². The highest BCUT2D eigenvalue weighted by atomic mass is 35.5. The molecule has 6 nitrogen and oxygen atoms in total. The van der Waals surface area contributed by atoms with Gasteiger partial charge in [0.05, 0.1) is 23.8 Å². The molecule has 0 radical (unpaired) electrons. The smallest absolute Gasteiger partial charge is 0.253 e. The molecule has 1 unspecified atom stereocenters. The van der Waals surface area contributed by atoms with Crippen LogP contribution in [-0.2, 0) is 16.0 Å². The van der Waals surface area contributed by atoms with Gasteiger partial charge in [-0.15, -0.1) is 0 Å². The maximum absolute atomic E-state index is 12.9. The number of benzene rings is 2. The molecule has 2 N–H and O–H groups in total. The fourth-order valence-corrected chi connectivity index (χ4v) is 4.17. The molecule has 3 rings (SSSR count). The monoisotopic (exact) mass is 475 g/mol. The highest BCUT2D eigenvalue weighted by Gasteiger charge is 2.22. The van der Waals surface area contributed by atoms with Gasteiger partial charge in [-0.1, -0.05) is 35.9 Å². The SMILES string of the molecule is CSCCC(NC(=O)c1ccccc1Cl)C(=O)Nc1ccc(CCN2CCOCC2)cc1. The van der Waals surface area contributed by atoms with Crippen molar-refractivity contribution in [1.29, 1.82) is 0 Å². The van der Waals surface area contributed by atoms with Gasteiger partial charge in [0.25, 0.3) is 5.91 Å². The van der Waals surface area contributed by atoms with Crippen LogP contribution in [0.5, 0.6) is 0 Å². The molecule has 2 aromatic rings. The van der Waals surface area contributed by atoms with Crippen LogP contribution in [0, 0.1) is 0 Å². The quantitative estimate of drug-likeness (QED) is 0.548. The minimum Gasteiger partial charge on any atom is -0.379 e. The normalized spacial score (nSPS) is 15.2. The van der Waals surface area contributed by atoms with Crippen LogP contribution in [-0.4, -0.2) is 67.6 Å². The van der Waals surface area contributed by atoms with Crippen molar-refractivity contribution < 1.29 is 14.3 Å². The number of hydrogen-bond donors (Lipinski definition) is 2. The average molecular weight is 476 g/mol. The van der Waals surface area contributed by atoms with Gasteiger partial charge in [0.15, 0.2) is 0 Å². The third-order valence-corrected chi connectivity index (χ3v) is 6.37. The lowest BCUT2D eigenvalue weighted by molar-refractivity contribution is -0.118. The molecule has 0 spiro atoms. The van der Waals surface area contributed by atoms with E-state index >= 15 is 0 Å². The highest BCUT2D eigenvalue weighted by molar-refractivity contribution is 7.98. The lowest BCUT2D eigenvalue weighted by Gasteiger charge is -2.26. The Hall–Kier alpha value is -2.06. The number of amides is 2. The van der Waals surface area contributed by atoms with Crippen molar-refractivity contribution in [1.82, 2.24) is 10.2 Å².